The van der Waals surface area contributed by atoms with Gasteiger partial charge in [0.05, 0.1) is 12.1 Å². The SMILES string of the molecule is O=C(N[C@@H]1CCO[C@H]1c1ccc(Cl)cc1)c1ccc(N2CCC(O)C2)cc1. The monoisotopic (exact) mass is 386 g/mol. The van der Waals surface area contributed by atoms with Gasteiger partial charge in [-0.3, -0.25) is 4.79 Å². The number of β-amino-alcohol motifs (C(OH)–C–C–N with tert-alkyl or cyclic N) is 1. The number of anilines is 1. The van der Waals surface area contributed by atoms with Gasteiger partial charge in [-0.1, -0.05) is 23.7 Å². The molecule has 27 heavy (non-hydrogen) atoms. The Morgan fingerprint density at radius 2 is 1.85 bits per heavy atom. The van der Waals surface area contributed by atoms with E-state index in [1.807, 2.05) is 48.5 Å². The highest BCUT2D eigenvalue weighted by atomic mass is 35.5. The lowest BCUT2D eigenvalue weighted by Gasteiger charge is -2.21. The lowest BCUT2D eigenvalue weighted by Crippen LogP contribution is -2.36. The van der Waals surface area contributed by atoms with Gasteiger partial charge in [-0.05, 0) is 54.8 Å². The zero-order valence-corrected chi connectivity index (χ0v) is 15.7. The van der Waals surface area contributed by atoms with Crippen molar-refractivity contribution in [3.63, 3.8) is 0 Å². The number of aliphatic hydroxyl groups is 1. The molecule has 0 bridgehead atoms. The highest BCUT2D eigenvalue weighted by Gasteiger charge is 2.31. The van der Waals surface area contributed by atoms with Crippen molar-refractivity contribution in [2.45, 2.75) is 31.1 Å². The highest BCUT2D eigenvalue weighted by Crippen LogP contribution is 2.30. The topological polar surface area (TPSA) is 61.8 Å². The van der Waals surface area contributed by atoms with Crippen molar-refractivity contribution in [1.29, 1.82) is 0 Å². The van der Waals surface area contributed by atoms with Crippen molar-refractivity contribution in [2.24, 2.45) is 0 Å². The van der Waals surface area contributed by atoms with Gasteiger partial charge in [0.1, 0.15) is 6.10 Å². The van der Waals surface area contributed by atoms with Crippen molar-refractivity contribution < 1.29 is 14.6 Å². The maximum atomic E-state index is 12.7. The third kappa shape index (κ3) is 4.10. The minimum Gasteiger partial charge on any atom is -0.391 e. The van der Waals surface area contributed by atoms with Crippen molar-refractivity contribution in [1.82, 2.24) is 5.32 Å². The Kier molecular flexibility index (Phi) is 5.34. The molecule has 4 rings (SSSR count). The summed E-state index contributed by atoms with van der Waals surface area (Å²) in [7, 11) is 0. The normalized spacial score (nSPS) is 25.0. The Labute approximate surface area is 163 Å². The van der Waals surface area contributed by atoms with E-state index < -0.39 is 0 Å². The van der Waals surface area contributed by atoms with E-state index in [1.165, 1.54) is 0 Å². The van der Waals surface area contributed by atoms with Crippen LogP contribution in [0.25, 0.3) is 0 Å². The molecule has 0 saturated carbocycles. The molecule has 0 aliphatic carbocycles. The summed E-state index contributed by atoms with van der Waals surface area (Å²) in [6, 6.07) is 15.0. The van der Waals surface area contributed by atoms with E-state index in [0.29, 0.717) is 23.7 Å². The van der Waals surface area contributed by atoms with E-state index in [0.717, 1.165) is 30.6 Å². The molecule has 1 unspecified atom stereocenters. The fourth-order valence-corrected chi connectivity index (χ4v) is 3.90. The Hall–Kier alpha value is -2.08. The molecule has 2 aliphatic heterocycles. The summed E-state index contributed by atoms with van der Waals surface area (Å²) in [6.07, 6.45) is 1.15. The van der Waals surface area contributed by atoms with Crippen LogP contribution in [-0.4, -0.2) is 42.9 Å². The van der Waals surface area contributed by atoms with E-state index in [4.69, 9.17) is 16.3 Å². The second-order valence-electron chi connectivity index (χ2n) is 7.15. The fourth-order valence-electron chi connectivity index (χ4n) is 3.77. The van der Waals surface area contributed by atoms with Gasteiger partial charge in [-0.15, -0.1) is 0 Å². The molecule has 0 radical (unpaired) electrons. The Morgan fingerprint density at radius 1 is 1.11 bits per heavy atom. The highest BCUT2D eigenvalue weighted by molar-refractivity contribution is 6.30. The third-order valence-corrected chi connectivity index (χ3v) is 5.52. The van der Waals surface area contributed by atoms with Crippen LogP contribution in [0.4, 0.5) is 5.69 Å². The molecule has 2 aromatic rings. The maximum Gasteiger partial charge on any atom is 0.251 e. The Bertz CT molecular complexity index is 794. The van der Waals surface area contributed by atoms with Crippen molar-refractivity contribution in [2.75, 3.05) is 24.6 Å². The molecule has 142 valence electrons. The van der Waals surface area contributed by atoms with Crippen LogP contribution >= 0.6 is 11.6 Å². The van der Waals surface area contributed by atoms with E-state index in [-0.39, 0.29) is 24.2 Å². The van der Waals surface area contributed by atoms with Gasteiger partial charge in [0, 0.05) is 36.0 Å². The summed E-state index contributed by atoms with van der Waals surface area (Å²) in [5, 5.41) is 13.5. The van der Waals surface area contributed by atoms with Crippen LogP contribution in [0.5, 0.6) is 0 Å². The number of rotatable bonds is 4. The van der Waals surface area contributed by atoms with E-state index in [9.17, 15) is 9.90 Å². The summed E-state index contributed by atoms with van der Waals surface area (Å²) >= 11 is 5.96. The number of nitrogens with one attached hydrogen (secondary N) is 1. The van der Waals surface area contributed by atoms with Gasteiger partial charge in [-0.2, -0.15) is 0 Å². The van der Waals surface area contributed by atoms with Crippen molar-refractivity contribution in [3.8, 4) is 0 Å². The average Bonchev–Trinajstić information content (AvgIpc) is 3.32. The standard InChI is InChI=1S/C21H23ClN2O3/c22-16-5-1-14(2-6-16)20-19(10-12-27-20)23-21(26)15-3-7-17(8-4-15)24-11-9-18(25)13-24/h1-8,18-20,25H,9-13H2,(H,23,26)/t18?,19-,20+/m1/s1. The van der Waals surface area contributed by atoms with Gasteiger partial charge < -0.3 is 20.1 Å². The summed E-state index contributed by atoms with van der Waals surface area (Å²) < 4.78 is 5.84. The van der Waals surface area contributed by atoms with Crippen LogP contribution in [0.15, 0.2) is 48.5 Å². The second kappa shape index (κ2) is 7.89. The quantitative estimate of drug-likeness (QED) is 0.847. The molecule has 2 N–H and O–H groups in total. The van der Waals surface area contributed by atoms with Crippen LogP contribution in [0.1, 0.15) is 34.9 Å². The molecule has 2 aliphatic rings. The molecule has 0 spiro atoms. The van der Waals surface area contributed by atoms with Crippen molar-refractivity contribution >= 4 is 23.2 Å². The molecular formula is C21H23ClN2O3. The number of benzene rings is 2. The summed E-state index contributed by atoms with van der Waals surface area (Å²) in [4.78, 5) is 14.8. The lowest BCUT2D eigenvalue weighted by atomic mass is 10.0. The molecule has 3 atom stereocenters. The lowest BCUT2D eigenvalue weighted by molar-refractivity contribution is 0.0821. The minimum atomic E-state index is -0.264. The number of amides is 1. The van der Waals surface area contributed by atoms with Crippen molar-refractivity contribution in [3.05, 3.63) is 64.7 Å². The largest absolute Gasteiger partial charge is 0.391 e. The number of ether oxygens (including phenoxy) is 1. The van der Waals surface area contributed by atoms with Gasteiger partial charge >= 0.3 is 0 Å². The van der Waals surface area contributed by atoms with Crippen LogP contribution in [-0.2, 0) is 4.74 Å². The predicted octanol–water partition coefficient (Wildman–Crippen LogP) is 3.17. The molecule has 2 saturated heterocycles. The summed E-state index contributed by atoms with van der Waals surface area (Å²) in [6.45, 7) is 2.11. The molecule has 5 nitrogen and oxygen atoms in total. The molecular weight excluding hydrogens is 364 g/mol. The maximum absolute atomic E-state index is 12.7. The fraction of sp³-hybridized carbons (Fsp3) is 0.381. The first kappa shape index (κ1) is 18.3. The van der Waals surface area contributed by atoms with E-state index in [2.05, 4.69) is 10.2 Å². The molecule has 1 amide bonds. The van der Waals surface area contributed by atoms with Crippen LogP contribution in [0.2, 0.25) is 5.02 Å². The number of nitrogens with zero attached hydrogens (tertiary/aromatic N) is 1. The Balaban J connectivity index is 1.41. The van der Waals surface area contributed by atoms with E-state index >= 15 is 0 Å². The van der Waals surface area contributed by atoms with Crippen LogP contribution < -0.4 is 10.2 Å². The zero-order chi connectivity index (χ0) is 18.8. The number of halogens is 1. The number of hydrogen-bond acceptors (Lipinski definition) is 4. The van der Waals surface area contributed by atoms with Gasteiger partial charge in [0.15, 0.2) is 0 Å². The van der Waals surface area contributed by atoms with Crippen LogP contribution in [0.3, 0.4) is 0 Å². The van der Waals surface area contributed by atoms with Gasteiger partial charge in [-0.25, -0.2) is 0 Å². The number of carbonyl (C=O) groups is 1. The number of aliphatic hydroxyl groups excluding tert-OH is 1. The first-order valence-electron chi connectivity index (χ1n) is 9.31. The number of hydrogen-bond donors (Lipinski definition) is 2. The molecule has 2 fully saturated rings. The smallest absolute Gasteiger partial charge is 0.251 e. The first-order valence-corrected chi connectivity index (χ1v) is 9.69. The van der Waals surface area contributed by atoms with Crippen LogP contribution in [0, 0.1) is 0 Å². The molecule has 2 heterocycles. The average molecular weight is 387 g/mol. The molecule has 0 aromatic heterocycles. The zero-order valence-electron chi connectivity index (χ0n) is 15.0. The summed E-state index contributed by atoms with van der Waals surface area (Å²) in [5.41, 5.74) is 2.68. The molecule has 2 aromatic carbocycles. The number of carbonyl (C=O) groups excluding carboxylic acids is 1. The minimum absolute atomic E-state index is 0.0629. The molecule has 6 heteroatoms. The first-order chi connectivity index (χ1) is 13.1. The Morgan fingerprint density at radius 3 is 2.52 bits per heavy atom. The van der Waals surface area contributed by atoms with E-state index in [1.54, 1.807) is 0 Å². The second-order valence-corrected chi connectivity index (χ2v) is 7.58. The van der Waals surface area contributed by atoms with Gasteiger partial charge in [0.2, 0.25) is 0 Å². The third-order valence-electron chi connectivity index (χ3n) is 5.26. The predicted molar refractivity (Wildman–Crippen MR) is 105 cm³/mol. The summed E-state index contributed by atoms with van der Waals surface area (Å²) in [5.74, 6) is -0.0996. The van der Waals surface area contributed by atoms with Gasteiger partial charge in [0.25, 0.3) is 5.91 Å².